The molecule has 0 unspecified atom stereocenters. The van der Waals surface area contributed by atoms with Gasteiger partial charge in [-0.1, -0.05) is 140 Å². The van der Waals surface area contributed by atoms with Crippen LogP contribution in [0.2, 0.25) is 0 Å². The van der Waals surface area contributed by atoms with Gasteiger partial charge in [0.15, 0.2) is 0 Å². The number of para-hydroxylation sites is 1. The molecule has 0 amide bonds. The fraction of sp³-hybridized carbons (Fsp3) is 0.0811. The lowest BCUT2D eigenvalue weighted by Crippen LogP contribution is -2.33. The molecule has 0 saturated carbocycles. The Balaban J connectivity index is 1.71. The van der Waals surface area contributed by atoms with Gasteiger partial charge in [0, 0.05) is 19.3 Å². The van der Waals surface area contributed by atoms with E-state index in [0.717, 1.165) is 6.54 Å². The maximum Gasteiger partial charge on any atom is 0.0670 e. The van der Waals surface area contributed by atoms with E-state index >= 15 is 0 Å². The summed E-state index contributed by atoms with van der Waals surface area (Å²) in [6.45, 7) is 0.882. The van der Waals surface area contributed by atoms with Crippen molar-refractivity contribution in [2.75, 3.05) is 18.5 Å². The molecule has 0 bridgehead atoms. The number of allylic oxidation sites excluding steroid dienone is 2. The zero-order chi connectivity index (χ0) is 25.5. The molecule has 0 saturated heterocycles. The summed E-state index contributed by atoms with van der Waals surface area (Å²) in [7, 11) is 2.24. The van der Waals surface area contributed by atoms with Gasteiger partial charge in [-0.05, 0) is 56.2 Å². The lowest BCUT2D eigenvalue weighted by Gasteiger charge is -2.34. The van der Waals surface area contributed by atoms with Crippen LogP contribution in [0.1, 0.15) is 27.8 Å². The van der Waals surface area contributed by atoms with Crippen molar-refractivity contribution in [1.82, 2.24) is 0 Å². The Kier molecular flexibility index (Phi) is 5.37. The lowest BCUT2D eigenvalue weighted by atomic mass is 9.68. The summed E-state index contributed by atoms with van der Waals surface area (Å²) in [4.78, 5) is 2.44. The molecule has 5 aromatic rings. The van der Waals surface area contributed by atoms with Crippen LogP contribution in [0.4, 0.5) is 5.69 Å². The van der Waals surface area contributed by atoms with Crippen molar-refractivity contribution in [2.45, 2.75) is 5.41 Å². The first-order valence-corrected chi connectivity index (χ1v) is 13.3. The van der Waals surface area contributed by atoms with Crippen molar-refractivity contribution >= 4 is 28.0 Å². The third-order valence-corrected chi connectivity index (χ3v) is 8.10. The molecule has 7 rings (SSSR count). The first kappa shape index (κ1) is 22.6. The van der Waals surface area contributed by atoms with Gasteiger partial charge in [0.2, 0.25) is 0 Å². The highest BCUT2D eigenvalue weighted by Crippen LogP contribution is 2.65. The lowest BCUT2D eigenvalue weighted by molar-refractivity contribution is 0.754. The predicted molar refractivity (Wildman–Crippen MR) is 161 cm³/mol. The van der Waals surface area contributed by atoms with Crippen LogP contribution in [0.25, 0.3) is 22.3 Å². The standard InChI is InChI=1S/C37H29N/c1-38-26-37(31-24-14-15-25-32(31)38)35(29-20-10-4-11-21-29)33(27-16-6-2-7-17-27)34(28-18-8-3-9-19-28)36(37)30-22-12-5-13-23-30/h2-25H,26H2,1H3. The zero-order valence-electron chi connectivity index (χ0n) is 21.5. The van der Waals surface area contributed by atoms with Gasteiger partial charge in [0.1, 0.15) is 0 Å². The Hall–Kier alpha value is -4.62. The molecule has 2 aliphatic rings. The Morgan fingerprint density at radius 2 is 0.816 bits per heavy atom. The average molecular weight is 488 g/mol. The SMILES string of the molecule is CN1CC2(C(c3ccccc3)=C(c3ccccc3)C(c3ccccc3)=C2c2ccccc2)c2ccccc21. The monoisotopic (exact) mass is 487 g/mol. The fourth-order valence-electron chi connectivity index (χ4n) is 6.70. The van der Waals surface area contributed by atoms with Gasteiger partial charge in [0.05, 0.1) is 5.41 Å². The Labute approximate surface area is 225 Å². The van der Waals surface area contributed by atoms with Crippen LogP contribution in [-0.4, -0.2) is 13.6 Å². The van der Waals surface area contributed by atoms with Crippen molar-refractivity contribution < 1.29 is 0 Å². The van der Waals surface area contributed by atoms with Gasteiger partial charge in [-0.25, -0.2) is 0 Å². The molecule has 1 spiro atoms. The van der Waals surface area contributed by atoms with Crippen molar-refractivity contribution in [1.29, 1.82) is 0 Å². The molecular weight excluding hydrogens is 458 g/mol. The van der Waals surface area contributed by atoms with Crippen LogP contribution >= 0.6 is 0 Å². The maximum absolute atomic E-state index is 2.44. The van der Waals surface area contributed by atoms with Crippen LogP contribution < -0.4 is 4.90 Å². The quantitative estimate of drug-likeness (QED) is 0.245. The minimum absolute atomic E-state index is 0.329. The Morgan fingerprint density at radius 1 is 0.447 bits per heavy atom. The largest absolute Gasteiger partial charge is 0.373 e. The van der Waals surface area contributed by atoms with Crippen LogP contribution in [0.15, 0.2) is 146 Å². The van der Waals surface area contributed by atoms with Gasteiger partial charge in [-0.15, -0.1) is 0 Å². The number of fused-ring (bicyclic) bond motifs is 2. The summed E-state index contributed by atoms with van der Waals surface area (Å²) in [6.07, 6.45) is 0. The summed E-state index contributed by atoms with van der Waals surface area (Å²) in [5.41, 5.74) is 12.8. The number of benzene rings is 5. The molecule has 0 radical (unpaired) electrons. The molecule has 182 valence electrons. The third-order valence-electron chi connectivity index (χ3n) is 8.10. The van der Waals surface area contributed by atoms with Crippen molar-refractivity contribution in [3.05, 3.63) is 173 Å². The summed E-state index contributed by atoms with van der Waals surface area (Å²) in [5, 5.41) is 0. The molecular formula is C37H29N. The highest BCUT2D eigenvalue weighted by molar-refractivity contribution is 6.32. The van der Waals surface area contributed by atoms with Gasteiger partial charge in [0.25, 0.3) is 0 Å². The average Bonchev–Trinajstić information content (AvgIpc) is 3.46. The summed E-state index contributed by atoms with van der Waals surface area (Å²) in [5.74, 6) is 0. The molecule has 0 aromatic heterocycles. The van der Waals surface area contributed by atoms with Gasteiger partial charge >= 0.3 is 0 Å². The Morgan fingerprint density at radius 3 is 1.26 bits per heavy atom. The summed E-state index contributed by atoms with van der Waals surface area (Å²) >= 11 is 0. The topological polar surface area (TPSA) is 3.24 Å². The van der Waals surface area contributed by atoms with E-state index in [1.807, 2.05) is 0 Å². The minimum atomic E-state index is -0.329. The van der Waals surface area contributed by atoms with Gasteiger partial charge < -0.3 is 4.90 Å². The second-order valence-corrected chi connectivity index (χ2v) is 10.2. The molecule has 0 N–H and O–H groups in total. The molecule has 5 aromatic carbocycles. The van der Waals surface area contributed by atoms with E-state index in [1.54, 1.807) is 0 Å². The van der Waals surface area contributed by atoms with Crippen LogP contribution in [-0.2, 0) is 5.41 Å². The number of rotatable bonds is 4. The third kappa shape index (κ3) is 3.32. The van der Waals surface area contributed by atoms with Crippen LogP contribution in [0.3, 0.4) is 0 Å². The molecule has 1 heteroatoms. The first-order chi connectivity index (χ1) is 18.8. The second kappa shape index (κ2) is 9.04. The van der Waals surface area contributed by atoms with Crippen molar-refractivity contribution in [2.24, 2.45) is 0 Å². The molecule has 0 atom stereocenters. The highest BCUT2D eigenvalue weighted by Gasteiger charge is 2.54. The fourth-order valence-corrected chi connectivity index (χ4v) is 6.70. The molecule has 1 nitrogen and oxygen atoms in total. The molecule has 38 heavy (non-hydrogen) atoms. The highest BCUT2D eigenvalue weighted by atomic mass is 15.1. The number of hydrogen-bond donors (Lipinski definition) is 0. The van der Waals surface area contributed by atoms with E-state index in [0.29, 0.717) is 0 Å². The number of nitrogens with zero attached hydrogens (tertiary/aromatic N) is 1. The predicted octanol–water partition coefficient (Wildman–Crippen LogP) is 8.61. The number of anilines is 1. The summed E-state index contributed by atoms with van der Waals surface area (Å²) < 4.78 is 0. The van der Waals surface area contributed by atoms with Crippen LogP contribution in [0, 0.1) is 0 Å². The molecule has 0 fully saturated rings. The second-order valence-electron chi connectivity index (χ2n) is 10.2. The minimum Gasteiger partial charge on any atom is -0.373 e. The normalized spacial score (nSPS) is 15.9. The van der Waals surface area contributed by atoms with E-state index in [-0.39, 0.29) is 5.41 Å². The smallest absolute Gasteiger partial charge is 0.0670 e. The maximum atomic E-state index is 2.44. The summed E-state index contributed by atoms with van der Waals surface area (Å²) in [6, 6.07) is 53.0. The number of likely N-dealkylation sites (N-methyl/N-ethyl adjacent to an activating group) is 1. The molecule has 1 aliphatic carbocycles. The Bertz CT molecular complexity index is 1560. The van der Waals surface area contributed by atoms with Crippen molar-refractivity contribution in [3.63, 3.8) is 0 Å². The molecule has 1 heterocycles. The molecule has 1 aliphatic heterocycles. The van der Waals surface area contributed by atoms with E-state index < -0.39 is 0 Å². The van der Waals surface area contributed by atoms with E-state index in [1.165, 1.54) is 55.8 Å². The van der Waals surface area contributed by atoms with E-state index in [9.17, 15) is 0 Å². The van der Waals surface area contributed by atoms with Gasteiger partial charge in [-0.3, -0.25) is 0 Å². The first-order valence-electron chi connectivity index (χ1n) is 13.3. The zero-order valence-corrected chi connectivity index (χ0v) is 21.5. The van der Waals surface area contributed by atoms with Crippen molar-refractivity contribution in [3.8, 4) is 0 Å². The van der Waals surface area contributed by atoms with E-state index in [2.05, 4.69) is 158 Å². The number of hydrogen-bond acceptors (Lipinski definition) is 1. The van der Waals surface area contributed by atoms with Gasteiger partial charge in [-0.2, -0.15) is 0 Å². The van der Waals surface area contributed by atoms with E-state index in [4.69, 9.17) is 0 Å². The van der Waals surface area contributed by atoms with Crippen LogP contribution in [0.5, 0.6) is 0 Å².